The summed E-state index contributed by atoms with van der Waals surface area (Å²) in [5.41, 5.74) is 3.38. The Bertz CT molecular complexity index is 1020. The fourth-order valence-corrected chi connectivity index (χ4v) is 2.81. The molecule has 25 heavy (non-hydrogen) atoms. The van der Waals surface area contributed by atoms with Crippen LogP contribution in [0.4, 0.5) is 0 Å². The second-order valence-electron chi connectivity index (χ2n) is 6.54. The predicted octanol–water partition coefficient (Wildman–Crippen LogP) is 4.25. The van der Waals surface area contributed by atoms with Crippen molar-refractivity contribution in [3.63, 3.8) is 0 Å². The third-order valence-corrected chi connectivity index (χ3v) is 4.97. The first-order chi connectivity index (χ1) is 11.9. The molecule has 1 heterocycles. The standard InChI is InChI=1S/C19H17N3O2S/c1-19(2,3)25(23)21-12-14-6-4-5-7-15(14)18-16-9-8-13(11-20)10-17(16)24-22-18/h4-10,12H,1-3H3/t25-/m0/s1. The van der Waals surface area contributed by atoms with Gasteiger partial charge >= 0.3 is 0 Å². The second-order valence-corrected chi connectivity index (χ2v) is 8.47. The molecule has 0 spiro atoms. The molecule has 1 atom stereocenters. The number of benzene rings is 2. The Hall–Kier alpha value is -2.78. The molecule has 1 aromatic heterocycles. The molecular weight excluding hydrogens is 334 g/mol. The van der Waals surface area contributed by atoms with Crippen molar-refractivity contribution in [3.05, 3.63) is 53.6 Å². The van der Waals surface area contributed by atoms with E-state index in [1.165, 1.54) is 0 Å². The first-order valence-electron chi connectivity index (χ1n) is 7.75. The summed E-state index contributed by atoms with van der Waals surface area (Å²) >= 11 is 0. The van der Waals surface area contributed by atoms with E-state index in [4.69, 9.17) is 9.78 Å². The average molecular weight is 351 g/mol. The zero-order chi connectivity index (χ0) is 18.0. The Morgan fingerprint density at radius 2 is 2.00 bits per heavy atom. The van der Waals surface area contributed by atoms with E-state index in [-0.39, 0.29) is 0 Å². The lowest BCUT2D eigenvalue weighted by atomic mass is 10.0. The van der Waals surface area contributed by atoms with Crippen LogP contribution < -0.4 is 0 Å². The number of aromatic nitrogens is 1. The first kappa shape index (κ1) is 17.1. The Morgan fingerprint density at radius 1 is 1.24 bits per heavy atom. The van der Waals surface area contributed by atoms with E-state index in [0.717, 1.165) is 16.5 Å². The van der Waals surface area contributed by atoms with Gasteiger partial charge in [-0.2, -0.15) is 9.66 Å². The van der Waals surface area contributed by atoms with Crippen LogP contribution in [0.1, 0.15) is 31.9 Å². The van der Waals surface area contributed by atoms with Crippen LogP contribution in [0.15, 0.2) is 51.4 Å². The predicted molar refractivity (Wildman–Crippen MR) is 99.6 cm³/mol. The topological polar surface area (TPSA) is 79.2 Å². The van der Waals surface area contributed by atoms with Crippen LogP contribution in [0.25, 0.3) is 22.2 Å². The van der Waals surface area contributed by atoms with Gasteiger partial charge in [0.15, 0.2) is 5.58 Å². The van der Waals surface area contributed by atoms with Gasteiger partial charge in [-0.1, -0.05) is 29.4 Å². The maximum atomic E-state index is 12.2. The van der Waals surface area contributed by atoms with E-state index in [0.29, 0.717) is 16.8 Å². The number of hydrogen-bond donors (Lipinski definition) is 0. The van der Waals surface area contributed by atoms with E-state index >= 15 is 0 Å². The number of hydrogen-bond acceptors (Lipinski definition) is 4. The largest absolute Gasteiger partial charge is 0.356 e. The summed E-state index contributed by atoms with van der Waals surface area (Å²) in [6.07, 6.45) is 1.61. The van der Waals surface area contributed by atoms with Crippen molar-refractivity contribution < 1.29 is 8.73 Å². The molecule has 0 saturated heterocycles. The molecule has 0 amide bonds. The number of nitriles is 1. The molecule has 0 fully saturated rings. The third-order valence-electron chi connectivity index (χ3n) is 3.63. The fourth-order valence-electron chi connectivity index (χ4n) is 2.29. The molecule has 0 aliphatic heterocycles. The highest BCUT2D eigenvalue weighted by atomic mass is 32.2. The van der Waals surface area contributed by atoms with Crippen LogP contribution in [0.2, 0.25) is 0 Å². The molecule has 0 saturated carbocycles. The van der Waals surface area contributed by atoms with Crippen molar-refractivity contribution in [3.8, 4) is 17.3 Å². The second kappa shape index (κ2) is 6.61. The normalized spacial score (nSPS) is 13.2. The summed E-state index contributed by atoms with van der Waals surface area (Å²) in [5, 5.41) is 14.0. The van der Waals surface area contributed by atoms with E-state index in [9.17, 15) is 4.21 Å². The van der Waals surface area contributed by atoms with Crippen molar-refractivity contribution in [2.24, 2.45) is 4.40 Å². The van der Waals surface area contributed by atoms with Gasteiger partial charge in [-0.25, -0.2) is 4.21 Å². The van der Waals surface area contributed by atoms with Gasteiger partial charge in [0.1, 0.15) is 16.7 Å². The Morgan fingerprint density at radius 3 is 2.72 bits per heavy atom. The number of fused-ring (bicyclic) bond motifs is 1. The highest BCUT2D eigenvalue weighted by Crippen LogP contribution is 2.30. The van der Waals surface area contributed by atoms with Crippen LogP contribution in [0.5, 0.6) is 0 Å². The summed E-state index contributed by atoms with van der Waals surface area (Å²) in [5.74, 6) is 0. The van der Waals surface area contributed by atoms with Crippen molar-refractivity contribution in [1.82, 2.24) is 5.16 Å². The molecule has 3 rings (SSSR count). The van der Waals surface area contributed by atoms with Crippen molar-refractivity contribution in [2.45, 2.75) is 25.5 Å². The summed E-state index contributed by atoms with van der Waals surface area (Å²) in [7, 11) is -1.33. The van der Waals surface area contributed by atoms with E-state index in [1.54, 1.807) is 18.3 Å². The lowest BCUT2D eigenvalue weighted by Gasteiger charge is -2.12. The molecule has 0 aliphatic rings. The van der Waals surface area contributed by atoms with Gasteiger partial charge in [-0.15, -0.1) is 0 Å². The molecule has 6 heteroatoms. The molecule has 126 valence electrons. The molecule has 3 aromatic rings. The number of nitrogens with zero attached hydrogens (tertiary/aromatic N) is 3. The Labute approximate surface area is 148 Å². The smallest absolute Gasteiger partial charge is 0.168 e. The molecule has 2 aromatic carbocycles. The zero-order valence-corrected chi connectivity index (χ0v) is 15.0. The molecule has 5 nitrogen and oxygen atoms in total. The molecule has 0 unspecified atom stereocenters. The van der Waals surface area contributed by atoms with E-state index in [1.807, 2.05) is 51.1 Å². The van der Waals surface area contributed by atoms with E-state index in [2.05, 4.69) is 15.6 Å². The van der Waals surface area contributed by atoms with Gasteiger partial charge in [-0.3, -0.25) is 0 Å². The van der Waals surface area contributed by atoms with Crippen molar-refractivity contribution in [1.29, 1.82) is 5.26 Å². The van der Waals surface area contributed by atoms with Gasteiger partial charge < -0.3 is 4.52 Å². The highest BCUT2D eigenvalue weighted by molar-refractivity contribution is 7.85. The molecule has 0 aliphatic carbocycles. The summed E-state index contributed by atoms with van der Waals surface area (Å²) in [6.45, 7) is 5.64. The van der Waals surface area contributed by atoms with Crippen LogP contribution in [0.3, 0.4) is 0 Å². The first-order valence-corrected chi connectivity index (χ1v) is 8.86. The third kappa shape index (κ3) is 3.52. The minimum atomic E-state index is -1.33. The number of rotatable bonds is 3. The molecule has 0 bridgehead atoms. The summed E-state index contributed by atoms with van der Waals surface area (Å²) < 4.78 is 21.3. The van der Waals surface area contributed by atoms with Gasteiger partial charge in [-0.05, 0) is 32.9 Å². The quantitative estimate of drug-likeness (QED) is 0.661. The lowest BCUT2D eigenvalue weighted by Crippen LogP contribution is -2.19. The van der Waals surface area contributed by atoms with Crippen LogP contribution in [-0.2, 0) is 11.0 Å². The molecule has 0 radical (unpaired) electrons. The van der Waals surface area contributed by atoms with Gasteiger partial charge in [0.25, 0.3) is 0 Å². The van der Waals surface area contributed by atoms with E-state index < -0.39 is 15.7 Å². The van der Waals surface area contributed by atoms with Crippen LogP contribution in [-0.4, -0.2) is 20.3 Å². The molecule has 0 N–H and O–H groups in total. The van der Waals surface area contributed by atoms with Crippen LogP contribution >= 0.6 is 0 Å². The Kier molecular flexibility index (Phi) is 4.51. The summed E-state index contributed by atoms with van der Waals surface area (Å²) in [4.78, 5) is 0. The fraction of sp³-hybridized carbons (Fsp3) is 0.211. The van der Waals surface area contributed by atoms with Gasteiger partial charge in [0, 0.05) is 28.8 Å². The monoisotopic (exact) mass is 351 g/mol. The van der Waals surface area contributed by atoms with Gasteiger partial charge in [0.05, 0.1) is 16.4 Å². The van der Waals surface area contributed by atoms with Crippen LogP contribution in [0, 0.1) is 11.3 Å². The highest BCUT2D eigenvalue weighted by Gasteiger charge is 2.19. The SMILES string of the molecule is CC(C)(C)[S@](=O)N=Cc1ccccc1-c1noc2cc(C#N)ccc12. The zero-order valence-electron chi connectivity index (χ0n) is 14.2. The summed E-state index contributed by atoms with van der Waals surface area (Å²) in [6, 6.07) is 14.9. The maximum absolute atomic E-state index is 12.2. The Balaban J connectivity index is 2.06. The average Bonchev–Trinajstić information content (AvgIpc) is 3.01. The maximum Gasteiger partial charge on any atom is 0.168 e. The van der Waals surface area contributed by atoms with Crippen molar-refractivity contribution in [2.75, 3.05) is 0 Å². The minimum Gasteiger partial charge on any atom is -0.356 e. The van der Waals surface area contributed by atoms with Gasteiger partial charge in [0.2, 0.25) is 0 Å². The molecular formula is C19H17N3O2S. The lowest BCUT2D eigenvalue weighted by molar-refractivity contribution is 0.459. The van der Waals surface area contributed by atoms with Crippen molar-refractivity contribution >= 4 is 28.2 Å². The minimum absolute atomic E-state index is 0.417.